The lowest BCUT2D eigenvalue weighted by molar-refractivity contribution is 0.0950. The fraction of sp³-hybridized carbons (Fsp3) is 0.400. The number of fused-ring (bicyclic) bond motifs is 1. The number of halogens is 1. The number of nitrogens with zero attached hydrogens (tertiary/aromatic N) is 1. The van der Waals surface area contributed by atoms with E-state index in [-0.39, 0.29) is 17.9 Å². The highest BCUT2D eigenvalue weighted by atomic mass is 35.5. The Kier molecular flexibility index (Phi) is 5.37. The minimum absolute atomic E-state index is 0.00731. The molecule has 138 valence electrons. The number of hydrogen-bond acceptors (Lipinski definition) is 3. The van der Waals surface area contributed by atoms with Crippen molar-refractivity contribution in [3.63, 3.8) is 0 Å². The first kappa shape index (κ1) is 18.5. The number of hydrogen-bond donors (Lipinski definition) is 2. The molecule has 0 spiro atoms. The van der Waals surface area contributed by atoms with Crippen molar-refractivity contribution in [3.05, 3.63) is 61.5 Å². The first-order chi connectivity index (χ1) is 12.4. The van der Waals surface area contributed by atoms with Gasteiger partial charge in [-0.2, -0.15) is 0 Å². The molecule has 2 heterocycles. The van der Waals surface area contributed by atoms with Crippen molar-refractivity contribution >= 4 is 23.2 Å². The predicted molar refractivity (Wildman–Crippen MR) is 105 cm³/mol. The molecule has 0 bridgehead atoms. The van der Waals surface area contributed by atoms with Crippen LogP contribution in [-0.4, -0.2) is 17.0 Å². The first-order valence-electron chi connectivity index (χ1n) is 8.96. The van der Waals surface area contributed by atoms with Gasteiger partial charge in [-0.3, -0.25) is 9.59 Å². The number of anilines is 1. The van der Waals surface area contributed by atoms with Crippen molar-refractivity contribution in [1.82, 2.24) is 9.88 Å². The average Bonchev–Trinajstić information content (AvgIpc) is 3.07. The molecule has 6 heteroatoms. The molecule has 26 heavy (non-hydrogen) atoms. The van der Waals surface area contributed by atoms with Crippen LogP contribution in [-0.2, 0) is 19.5 Å². The SMILES string of the molecule is CCNc1cc(Cl)cc(C(=O)NCc2c3n(c(C)cc2=O)CCC3)c1C. The Labute approximate surface area is 158 Å². The van der Waals surface area contributed by atoms with Gasteiger partial charge in [-0.15, -0.1) is 0 Å². The van der Waals surface area contributed by atoms with Gasteiger partial charge >= 0.3 is 0 Å². The van der Waals surface area contributed by atoms with E-state index >= 15 is 0 Å². The number of benzene rings is 1. The van der Waals surface area contributed by atoms with Gasteiger partial charge in [0, 0.05) is 58.9 Å². The van der Waals surface area contributed by atoms with Gasteiger partial charge in [-0.25, -0.2) is 0 Å². The summed E-state index contributed by atoms with van der Waals surface area (Å²) in [6.07, 6.45) is 1.91. The summed E-state index contributed by atoms with van der Waals surface area (Å²) in [5.74, 6) is -0.221. The number of carbonyl (C=O) groups is 1. The zero-order valence-corrected chi connectivity index (χ0v) is 16.2. The van der Waals surface area contributed by atoms with Gasteiger partial charge in [0.1, 0.15) is 0 Å². The maximum absolute atomic E-state index is 12.7. The van der Waals surface area contributed by atoms with Crippen LogP contribution in [0.15, 0.2) is 23.0 Å². The minimum Gasteiger partial charge on any atom is -0.385 e. The fourth-order valence-electron chi connectivity index (χ4n) is 3.62. The average molecular weight is 374 g/mol. The van der Waals surface area contributed by atoms with Crippen molar-refractivity contribution in [2.45, 2.75) is 46.7 Å². The molecule has 0 radical (unpaired) electrons. The van der Waals surface area contributed by atoms with E-state index in [1.807, 2.05) is 26.8 Å². The van der Waals surface area contributed by atoms with E-state index < -0.39 is 0 Å². The summed E-state index contributed by atoms with van der Waals surface area (Å²) >= 11 is 6.16. The third-order valence-corrected chi connectivity index (χ3v) is 5.16. The second-order valence-corrected chi connectivity index (χ2v) is 7.11. The van der Waals surface area contributed by atoms with Crippen LogP contribution in [0.3, 0.4) is 0 Å². The van der Waals surface area contributed by atoms with Gasteiger partial charge in [-0.1, -0.05) is 11.6 Å². The number of carbonyl (C=O) groups excluding carboxylic acids is 1. The molecule has 0 aliphatic carbocycles. The Hall–Kier alpha value is -2.27. The van der Waals surface area contributed by atoms with Gasteiger partial charge in [0.15, 0.2) is 5.43 Å². The smallest absolute Gasteiger partial charge is 0.251 e. The lowest BCUT2D eigenvalue weighted by atomic mass is 10.1. The van der Waals surface area contributed by atoms with E-state index in [4.69, 9.17) is 11.6 Å². The van der Waals surface area contributed by atoms with E-state index in [0.717, 1.165) is 48.6 Å². The lowest BCUT2D eigenvalue weighted by Gasteiger charge is -2.15. The second-order valence-electron chi connectivity index (χ2n) is 6.67. The summed E-state index contributed by atoms with van der Waals surface area (Å²) < 4.78 is 2.18. The number of rotatable bonds is 5. The van der Waals surface area contributed by atoms with E-state index in [0.29, 0.717) is 16.1 Å². The van der Waals surface area contributed by atoms with Gasteiger partial charge in [-0.05, 0) is 51.3 Å². The maximum Gasteiger partial charge on any atom is 0.251 e. The van der Waals surface area contributed by atoms with Gasteiger partial charge in [0.2, 0.25) is 0 Å². The summed E-state index contributed by atoms with van der Waals surface area (Å²) in [6.45, 7) is 7.75. The molecular weight excluding hydrogens is 350 g/mol. The molecule has 0 saturated carbocycles. The molecule has 1 aliphatic heterocycles. The Morgan fingerprint density at radius 1 is 1.27 bits per heavy atom. The quantitative estimate of drug-likeness (QED) is 0.844. The molecule has 2 N–H and O–H groups in total. The fourth-order valence-corrected chi connectivity index (χ4v) is 3.83. The third kappa shape index (κ3) is 3.49. The summed E-state index contributed by atoms with van der Waals surface area (Å²) in [5, 5.41) is 6.63. The number of aryl methyl sites for hydroxylation is 1. The van der Waals surface area contributed by atoms with Crippen molar-refractivity contribution in [3.8, 4) is 0 Å². The van der Waals surface area contributed by atoms with Crippen molar-refractivity contribution in [2.75, 3.05) is 11.9 Å². The third-order valence-electron chi connectivity index (χ3n) is 4.94. The Morgan fingerprint density at radius 2 is 2.04 bits per heavy atom. The number of aromatic nitrogens is 1. The first-order valence-corrected chi connectivity index (χ1v) is 9.34. The molecule has 2 aromatic rings. The van der Waals surface area contributed by atoms with Crippen molar-refractivity contribution < 1.29 is 4.79 Å². The Balaban J connectivity index is 1.85. The lowest BCUT2D eigenvalue weighted by Crippen LogP contribution is -2.29. The van der Waals surface area contributed by atoms with Gasteiger partial charge in [0.25, 0.3) is 5.91 Å². The zero-order valence-electron chi connectivity index (χ0n) is 15.4. The highest BCUT2D eigenvalue weighted by Crippen LogP contribution is 2.25. The molecule has 5 nitrogen and oxygen atoms in total. The standard InChI is InChI=1S/C20H24ClN3O2/c1-4-22-17-10-14(21)9-15(13(17)3)20(26)23-11-16-18-6-5-7-24(18)12(2)8-19(16)25/h8-10,22H,4-7,11H2,1-3H3,(H,23,26). The predicted octanol–water partition coefficient (Wildman–Crippen LogP) is 3.43. The molecule has 0 atom stereocenters. The van der Waals surface area contributed by atoms with E-state index in [1.54, 1.807) is 12.1 Å². The van der Waals surface area contributed by atoms with Gasteiger partial charge in [0.05, 0.1) is 0 Å². The van der Waals surface area contributed by atoms with Crippen LogP contribution in [0.1, 0.15) is 46.2 Å². The molecule has 1 aromatic carbocycles. The van der Waals surface area contributed by atoms with E-state index in [1.165, 1.54) is 0 Å². The van der Waals surface area contributed by atoms with Crippen LogP contribution in [0.5, 0.6) is 0 Å². The molecule has 0 fully saturated rings. The van der Waals surface area contributed by atoms with Crippen molar-refractivity contribution in [1.29, 1.82) is 0 Å². The summed E-state index contributed by atoms with van der Waals surface area (Å²) in [5.41, 5.74) is 4.93. The van der Waals surface area contributed by atoms with Crippen LogP contribution >= 0.6 is 11.6 Å². The second kappa shape index (κ2) is 7.54. The molecule has 1 aliphatic rings. The molecular formula is C20H24ClN3O2. The zero-order chi connectivity index (χ0) is 18.8. The topological polar surface area (TPSA) is 63.1 Å². The Morgan fingerprint density at radius 3 is 2.77 bits per heavy atom. The Bertz CT molecular complexity index is 918. The largest absolute Gasteiger partial charge is 0.385 e. The molecule has 1 aromatic heterocycles. The van der Waals surface area contributed by atoms with E-state index in [9.17, 15) is 9.59 Å². The van der Waals surface area contributed by atoms with Crippen LogP contribution < -0.4 is 16.1 Å². The van der Waals surface area contributed by atoms with Crippen LogP contribution in [0, 0.1) is 13.8 Å². The summed E-state index contributed by atoms with van der Waals surface area (Å²) in [4.78, 5) is 25.1. The van der Waals surface area contributed by atoms with Gasteiger partial charge < -0.3 is 15.2 Å². The normalized spacial score (nSPS) is 12.8. The number of nitrogens with one attached hydrogen (secondary N) is 2. The molecule has 1 amide bonds. The summed E-state index contributed by atoms with van der Waals surface area (Å²) in [7, 11) is 0. The molecule has 0 saturated heterocycles. The molecule has 0 unspecified atom stereocenters. The maximum atomic E-state index is 12.7. The minimum atomic E-state index is -0.221. The van der Waals surface area contributed by atoms with Crippen molar-refractivity contribution in [2.24, 2.45) is 0 Å². The highest BCUT2D eigenvalue weighted by molar-refractivity contribution is 6.31. The van der Waals surface area contributed by atoms with Crippen LogP contribution in [0.25, 0.3) is 0 Å². The van der Waals surface area contributed by atoms with Crippen LogP contribution in [0.4, 0.5) is 5.69 Å². The number of pyridine rings is 1. The molecule has 3 rings (SSSR count). The van der Waals surface area contributed by atoms with Crippen LogP contribution in [0.2, 0.25) is 5.02 Å². The summed E-state index contributed by atoms with van der Waals surface area (Å²) in [6, 6.07) is 5.14. The highest BCUT2D eigenvalue weighted by Gasteiger charge is 2.20. The monoisotopic (exact) mass is 373 g/mol. The van der Waals surface area contributed by atoms with E-state index in [2.05, 4.69) is 15.2 Å². The number of amides is 1.